The number of carbonyl (C=O) groups excluding carboxylic acids is 1. The molecule has 0 radical (unpaired) electrons. The summed E-state index contributed by atoms with van der Waals surface area (Å²) in [7, 11) is 0. The van der Waals surface area contributed by atoms with Crippen molar-refractivity contribution >= 4 is 57.3 Å². The summed E-state index contributed by atoms with van der Waals surface area (Å²) in [6.07, 6.45) is 5.89. The van der Waals surface area contributed by atoms with E-state index in [0.29, 0.717) is 32.2 Å². The van der Waals surface area contributed by atoms with Gasteiger partial charge in [-0.25, -0.2) is 9.97 Å². The molecule has 3 rings (SSSR count). The lowest BCUT2D eigenvalue weighted by atomic mass is 10.1. The van der Waals surface area contributed by atoms with E-state index in [4.69, 9.17) is 23.2 Å². The minimum Gasteiger partial charge on any atom is -0.298 e. The van der Waals surface area contributed by atoms with Gasteiger partial charge in [-0.15, -0.1) is 23.1 Å². The summed E-state index contributed by atoms with van der Waals surface area (Å²) < 4.78 is 0. The van der Waals surface area contributed by atoms with Gasteiger partial charge in [-0.3, -0.25) is 10.1 Å². The zero-order valence-electron chi connectivity index (χ0n) is 13.1. The van der Waals surface area contributed by atoms with Gasteiger partial charge < -0.3 is 0 Å². The van der Waals surface area contributed by atoms with Crippen molar-refractivity contribution in [1.29, 1.82) is 0 Å². The van der Waals surface area contributed by atoms with Crippen molar-refractivity contribution < 1.29 is 4.79 Å². The molecule has 0 saturated carbocycles. The van der Waals surface area contributed by atoms with Gasteiger partial charge in [0.25, 0.3) is 5.91 Å². The van der Waals surface area contributed by atoms with Gasteiger partial charge in [0.15, 0.2) is 5.13 Å². The number of rotatable bonds is 5. The third kappa shape index (κ3) is 4.52. The molecule has 0 saturated heterocycles. The van der Waals surface area contributed by atoms with Crippen molar-refractivity contribution in [2.24, 2.45) is 0 Å². The Bertz CT molecular complexity index is 914. The van der Waals surface area contributed by atoms with Crippen molar-refractivity contribution in [2.45, 2.75) is 11.4 Å². The number of thioether (sulfide) groups is 1. The van der Waals surface area contributed by atoms with Gasteiger partial charge in [-0.1, -0.05) is 23.2 Å². The van der Waals surface area contributed by atoms with E-state index in [1.54, 1.807) is 36.7 Å². The van der Waals surface area contributed by atoms with Gasteiger partial charge in [-0.05, 0) is 42.2 Å². The number of hydrogen-bond donors (Lipinski definition) is 1. The second-order valence-corrected chi connectivity index (χ2v) is 7.81. The summed E-state index contributed by atoms with van der Waals surface area (Å²) in [5.41, 5.74) is 1.46. The van der Waals surface area contributed by atoms with Crippen molar-refractivity contribution in [2.75, 3.05) is 11.6 Å². The Hall–Kier alpha value is -1.60. The predicted octanol–water partition coefficient (Wildman–Crippen LogP) is 5.41. The second kappa shape index (κ2) is 8.19. The quantitative estimate of drug-likeness (QED) is 0.572. The average Bonchev–Trinajstić information content (AvgIpc) is 3.05. The molecule has 25 heavy (non-hydrogen) atoms. The first kappa shape index (κ1) is 18.2. The van der Waals surface area contributed by atoms with Crippen LogP contribution in [0.15, 0.2) is 47.8 Å². The van der Waals surface area contributed by atoms with Crippen molar-refractivity contribution in [1.82, 2.24) is 9.97 Å². The topological polar surface area (TPSA) is 54.9 Å². The van der Waals surface area contributed by atoms with Gasteiger partial charge in [0.2, 0.25) is 0 Å². The van der Waals surface area contributed by atoms with Gasteiger partial charge >= 0.3 is 0 Å². The predicted molar refractivity (Wildman–Crippen MR) is 105 cm³/mol. The Labute approximate surface area is 163 Å². The van der Waals surface area contributed by atoms with E-state index < -0.39 is 0 Å². The molecule has 0 aliphatic rings. The van der Waals surface area contributed by atoms with Crippen LogP contribution >= 0.6 is 46.3 Å². The monoisotopic (exact) mass is 409 g/mol. The maximum absolute atomic E-state index is 12.4. The number of halogens is 2. The number of pyridine rings is 1. The molecule has 0 fully saturated rings. The summed E-state index contributed by atoms with van der Waals surface area (Å²) in [6, 6.07) is 8.85. The Balaban J connectivity index is 1.73. The van der Waals surface area contributed by atoms with Crippen LogP contribution in [-0.4, -0.2) is 22.1 Å². The van der Waals surface area contributed by atoms with Crippen LogP contribution in [-0.2, 0) is 6.42 Å². The molecule has 0 atom stereocenters. The number of amides is 1. The van der Waals surface area contributed by atoms with E-state index >= 15 is 0 Å². The first-order chi connectivity index (χ1) is 12.1. The molecular formula is C17H13Cl2N3OS2. The van der Waals surface area contributed by atoms with Crippen LogP contribution in [0.3, 0.4) is 0 Å². The largest absolute Gasteiger partial charge is 0.298 e. The van der Waals surface area contributed by atoms with E-state index in [9.17, 15) is 4.79 Å². The van der Waals surface area contributed by atoms with Crippen LogP contribution < -0.4 is 5.32 Å². The number of benzene rings is 1. The molecule has 0 aliphatic heterocycles. The molecular weight excluding hydrogens is 397 g/mol. The molecule has 1 amide bonds. The van der Waals surface area contributed by atoms with Gasteiger partial charge in [-0.2, -0.15) is 0 Å². The summed E-state index contributed by atoms with van der Waals surface area (Å²) >= 11 is 15.0. The molecule has 1 N–H and O–H groups in total. The minimum atomic E-state index is -0.223. The Kier molecular flexibility index (Phi) is 5.96. The zero-order valence-corrected chi connectivity index (χ0v) is 16.3. The summed E-state index contributed by atoms with van der Waals surface area (Å²) in [5, 5.41) is 5.33. The Morgan fingerprint density at radius 3 is 2.92 bits per heavy atom. The molecule has 1 aromatic carbocycles. The molecule has 0 unspecified atom stereocenters. The zero-order chi connectivity index (χ0) is 17.8. The summed E-state index contributed by atoms with van der Waals surface area (Å²) in [6.45, 7) is 0. The Morgan fingerprint density at radius 2 is 2.12 bits per heavy atom. The SMILES string of the molecule is CSc1ncccc1C(=O)Nc1ncc(Cc2cc(Cl)ccc2Cl)s1. The van der Waals surface area contributed by atoms with Crippen LogP contribution in [0.2, 0.25) is 10.0 Å². The fourth-order valence-electron chi connectivity index (χ4n) is 2.20. The number of thiazole rings is 1. The molecule has 0 bridgehead atoms. The molecule has 128 valence electrons. The number of carbonyl (C=O) groups is 1. The Morgan fingerprint density at radius 1 is 1.28 bits per heavy atom. The molecule has 0 aliphatic carbocycles. The first-order valence-electron chi connectivity index (χ1n) is 7.26. The van der Waals surface area contributed by atoms with Gasteiger partial charge in [0, 0.05) is 33.7 Å². The molecule has 2 aromatic heterocycles. The first-order valence-corrected chi connectivity index (χ1v) is 10.1. The molecule has 0 spiro atoms. The van der Waals surface area contributed by atoms with Crippen molar-refractivity contribution in [3.63, 3.8) is 0 Å². The van der Waals surface area contributed by atoms with Crippen molar-refractivity contribution in [3.8, 4) is 0 Å². The van der Waals surface area contributed by atoms with Crippen LogP contribution in [0.25, 0.3) is 0 Å². The number of anilines is 1. The second-order valence-electron chi connectivity index (χ2n) is 5.06. The van der Waals surface area contributed by atoms with Crippen molar-refractivity contribution in [3.05, 3.63) is 68.8 Å². The fraction of sp³-hybridized carbons (Fsp3) is 0.118. The highest BCUT2D eigenvalue weighted by atomic mass is 35.5. The number of hydrogen-bond acceptors (Lipinski definition) is 5. The lowest BCUT2D eigenvalue weighted by Crippen LogP contribution is -2.13. The van der Waals surface area contributed by atoms with Gasteiger partial charge in [0.05, 0.1) is 5.56 Å². The van der Waals surface area contributed by atoms with Crippen LogP contribution in [0, 0.1) is 0 Å². The number of nitrogens with zero attached hydrogens (tertiary/aromatic N) is 2. The molecule has 3 aromatic rings. The summed E-state index contributed by atoms with van der Waals surface area (Å²) in [4.78, 5) is 21.9. The highest BCUT2D eigenvalue weighted by molar-refractivity contribution is 7.98. The molecule has 8 heteroatoms. The molecule has 2 heterocycles. The number of nitrogens with one attached hydrogen (secondary N) is 1. The maximum atomic E-state index is 12.4. The van der Waals surface area contributed by atoms with E-state index in [1.165, 1.54) is 23.1 Å². The standard InChI is InChI=1S/C17H13Cl2N3OS2/c1-24-16-13(3-2-6-20-16)15(23)22-17-21-9-12(25-17)8-10-7-11(18)4-5-14(10)19/h2-7,9H,8H2,1H3,(H,21,22,23). The molecule has 4 nitrogen and oxygen atoms in total. The van der Waals surface area contributed by atoms with E-state index in [2.05, 4.69) is 15.3 Å². The highest BCUT2D eigenvalue weighted by Gasteiger charge is 2.14. The number of aromatic nitrogens is 2. The smallest absolute Gasteiger partial charge is 0.260 e. The summed E-state index contributed by atoms with van der Waals surface area (Å²) in [5.74, 6) is -0.223. The maximum Gasteiger partial charge on any atom is 0.260 e. The van der Waals surface area contributed by atoms with Crippen LogP contribution in [0.4, 0.5) is 5.13 Å². The van der Waals surface area contributed by atoms with Crippen LogP contribution in [0.5, 0.6) is 0 Å². The highest BCUT2D eigenvalue weighted by Crippen LogP contribution is 2.27. The van der Waals surface area contributed by atoms with Gasteiger partial charge in [0.1, 0.15) is 5.03 Å². The fourth-order valence-corrected chi connectivity index (χ4v) is 3.96. The normalized spacial score (nSPS) is 10.7. The lowest BCUT2D eigenvalue weighted by molar-refractivity contribution is 0.102. The average molecular weight is 410 g/mol. The third-order valence-corrected chi connectivity index (χ3v) is 5.58. The van der Waals surface area contributed by atoms with E-state index in [0.717, 1.165) is 10.4 Å². The van der Waals surface area contributed by atoms with Crippen LogP contribution in [0.1, 0.15) is 20.8 Å². The minimum absolute atomic E-state index is 0.223. The van der Waals surface area contributed by atoms with E-state index in [1.807, 2.05) is 12.3 Å². The third-order valence-electron chi connectivity index (χ3n) is 3.36. The lowest BCUT2D eigenvalue weighted by Gasteiger charge is -2.05. The van der Waals surface area contributed by atoms with E-state index in [-0.39, 0.29) is 5.91 Å².